The predicted molar refractivity (Wildman–Crippen MR) is 115 cm³/mol. The SMILES string of the molecule is CCCC(C)NC(=O)CN(c1ccc(Cl)c(C(F)(F)F)c1)S(=O)(=O)c1ccc(C)cc1. The lowest BCUT2D eigenvalue weighted by Crippen LogP contribution is -2.43. The van der Waals surface area contributed by atoms with Crippen molar-refractivity contribution < 1.29 is 26.4 Å². The zero-order valence-electron chi connectivity index (χ0n) is 17.3. The van der Waals surface area contributed by atoms with Gasteiger partial charge in [-0.25, -0.2) is 8.42 Å². The maximum absolute atomic E-state index is 13.3. The van der Waals surface area contributed by atoms with E-state index in [0.29, 0.717) is 16.8 Å². The van der Waals surface area contributed by atoms with E-state index in [1.54, 1.807) is 26.0 Å². The maximum atomic E-state index is 13.3. The lowest BCUT2D eigenvalue weighted by molar-refractivity contribution is -0.137. The van der Waals surface area contributed by atoms with Gasteiger partial charge in [0.2, 0.25) is 5.91 Å². The van der Waals surface area contributed by atoms with Crippen molar-refractivity contribution in [2.75, 3.05) is 10.8 Å². The van der Waals surface area contributed by atoms with Crippen molar-refractivity contribution in [1.29, 1.82) is 0 Å². The molecule has 0 aliphatic heterocycles. The van der Waals surface area contributed by atoms with Gasteiger partial charge in [-0.3, -0.25) is 9.10 Å². The van der Waals surface area contributed by atoms with E-state index in [9.17, 15) is 26.4 Å². The lowest BCUT2D eigenvalue weighted by Gasteiger charge is -2.26. The summed E-state index contributed by atoms with van der Waals surface area (Å²) in [6.45, 7) is 4.79. The average Bonchev–Trinajstić information content (AvgIpc) is 2.66. The first kappa shape index (κ1) is 25.0. The summed E-state index contributed by atoms with van der Waals surface area (Å²) in [6.07, 6.45) is -3.31. The number of hydrogen-bond acceptors (Lipinski definition) is 3. The smallest absolute Gasteiger partial charge is 0.352 e. The van der Waals surface area contributed by atoms with Crippen LogP contribution in [0.2, 0.25) is 5.02 Å². The highest BCUT2D eigenvalue weighted by atomic mass is 35.5. The summed E-state index contributed by atoms with van der Waals surface area (Å²) in [4.78, 5) is 12.4. The second-order valence-corrected chi connectivity index (χ2v) is 9.51. The minimum absolute atomic E-state index is 0.143. The van der Waals surface area contributed by atoms with Gasteiger partial charge in [0, 0.05) is 6.04 Å². The van der Waals surface area contributed by atoms with Gasteiger partial charge in [-0.2, -0.15) is 13.2 Å². The summed E-state index contributed by atoms with van der Waals surface area (Å²) in [6, 6.07) is 8.36. The third-order valence-electron chi connectivity index (χ3n) is 4.57. The van der Waals surface area contributed by atoms with Gasteiger partial charge in [0.25, 0.3) is 10.0 Å². The topological polar surface area (TPSA) is 66.5 Å². The number of anilines is 1. The van der Waals surface area contributed by atoms with Crippen molar-refractivity contribution in [3.05, 3.63) is 58.6 Å². The Morgan fingerprint density at radius 1 is 1.16 bits per heavy atom. The Balaban J connectivity index is 2.53. The van der Waals surface area contributed by atoms with Gasteiger partial charge in [0.15, 0.2) is 0 Å². The van der Waals surface area contributed by atoms with Crippen LogP contribution in [0.1, 0.15) is 37.8 Å². The largest absolute Gasteiger partial charge is 0.417 e. The zero-order valence-corrected chi connectivity index (χ0v) is 18.9. The second-order valence-electron chi connectivity index (χ2n) is 7.24. The van der Waals surface area contributed by atoms with E-state index >= 15 is 0 Å². The van der Waals surface area contributed by atoms with Crippen molar-refractivity contribution in [2.45, 2.75) is 50.7 Å². The monoisotopic (exact) mass is 476 g/mol. The van der Waals surface area contributed by atoms with E-state index in [4.69, 9.17) is 11.6 Å². The molecule has 0 aromatic heterocycles. The van der Waals surface area contributed by atoms with Gasteiger partial charge in [0.1, 0.15) is 6.54 Å². The molecular weight excluding hydrogens is 453 g/mol. The first-order chi connectivity index (χ1) is 14.4. The molecule has 0 radical (unpaired) electrons. The average molecular weight is 477 g/mol. The number of rotatable bonds is 8. The minimum atomic E-state index is -4.79. The molecule has 0 spiro atoms. The Labute approximate surface area is 185 Å². The molecule has 170 valence electrons. The molecule has 0 bridgehead atoms. The number of alkyl halides is 3. The molecular formula is C21H24ClF3N2O3S. The van der Waals surface area contributed by atoms with Gasteiger partial charge in [0.05, 0.1) is 21.2 Å². The van der Waals surface area contributed by atoms with E-state index < -0.39 is 39.2 Å². The van der Waals surface area contributed by atoms with E-state index in [1.807, 2.05) is 6.92 Å². The molecule has 5 nitrogen and oxygen atoms in total. The van der Waals surface area contributed by atoms with Gasteiger partial charge < -0.3 is 5.32 Å². The Morgan fingerprint density at radius 3 is 2.32 bits per heavy atom. The molecule has 10 heteroatoms. The first-order valence-corrected chi connectivity index (χ1v) is 11.4. The Hall–Kier alpha value is -2.26. The Kier molecular flexibility index (Phi) is 7.99. The van der Waals surface area contributed by atoms with Crippen LogP contribution in [-0.4, -0.2) is 26.9 Å². The van der Waals surface area contributed by atoms with Crippen molar-refractivity contribution in [2.24, 2.45) is 0 Å². The number of benzene rings is 2. The highest BCUT2D eigenvalue weighted by Crippen LogP contribution is 2.38. The number of carbonyl (C=O) groups is 1. The summed E-state index contributed by atoms with van der Waals surface area (Å²) < 4.78 is 67.2. The summed E-state index contributed by atoms with van der Waals surface area (Å²) in [7, 11) is -4.33. The van der Waals surface area contributed by atoms with Crippen LogP contribution >= 0.6 is 11.6 Å². The number of halogens is 4. The Morgan fingerprint density at radius 2 is 1.77 bits per heavy atom. The molecule has 1 atom stereocenters. The molecule has 2 rings (SSSR count). The molecule has 0 aliphatic rings. The lowest BCUT2D eigenvalue weighted by atomic mass is 10.2. The molecule has 1 unspecified atom stereocenters. The third-order valence-corrected chi connectivity index (χ3v) is 6.69. The van der Waals surface area contributed by atoms with Crippen molar-refractivity contribution in [1.82, 2.24) is 5.32 Å². The molecule has 0 aliphatic carbocycles. The third kappa shape index (κ3) is 6.36. The van der Waals surface area contributed by atoms with E-state index in [-0.39, 0.29) is 16.6 Å². The van der Waals surface area contributed by atoms with Crippen LogP contribution in [0.25, 0.3) is 0 Å². The maximum Gasteiger partial charge on any atom is 0.417 e. The Bertz CT molecular complexity index is 1030. The predicted octanol–water partition coefficient (Wildman–Crippen LogP) is 5.17. The molecule has 1 N–H and O–H groups in total. The molecule has 31 heavy (non-hydrogen) atoms. The van der Waals surface area contributed by atoms with Crippen molar-refractivity contribution in [3.8, 4) is 0 Å². The van der Waals surface area contributed by atoms with Crippen LogP contribution in [0.3, 0.4) is 0 Å². The molecule has 0 fully saturated rings. The normalized spacial score (nSPS) is 13.0. The van der Waals surface area contributed by atoms with Gasteiger partial charge in [-0.05, 0) is 50.6 Å². The van der Waals surface area contributed by atoms with Crippen LogP contribution in [0.15, 0.2) is 47.4 Å². The number of nitrogens with one attached hydrogen (secondary N) is 1. The second kappa shape index (κ2) is 9.91. The number of hydrogen-bond donors (Lipinski definition) is 1. The summed E-state index contributed by atoms with van der Waals surface area (Å²) in [5, 5.41) is 2.11. The molecule has 0 saturated heterocycles. The summed E-state index contributed by atoms with van der Waals surface area (Å²) in [5.41, 5.74) is -0.686. The standard InChI is InChI=1S/C21H24ClF3N2O3S/c1-4-5-15(3)26-20(28)13-27(31(29,30)17-9-6-14(2)7-10-17)16-8-11-19(22)18(12-16)21(23,24)25/h6-12,15H,4-5,13H2,1-3H3,(H,26,28). The highest BCUT2D eigenvalue weighted by Gasteiger charge is 2.35. The zero-order chi connectivity index (χ0) is 23.4. The summed E-state index contributed by atoms with van der Waals surface area (Å²) in [5.74, 6) is -0.625. The van der Waals surface area contributed by atoms with Crippen LogP contribution < -0.4 is 9.62 Å². The number of amides is 1. The van der Waals surface area contributed by atoms with E-state index in [0.717, 1.165) is 24.1 Å². The molecule has 0 saturated carbocycles. The van der Waals surface area contributed by atoms with Crippen LogP contribution in [0, 0.1) is 6.92 Å². The molecule has 0 heterocycles. The number of nitrogens with zero attached hydrogens (tertiary/aromatic N) is 1. The van der Waals surface area contributed by atoms with Gasteiger partial charge >= 0.3 is 6.18 Å². The van der Waals surface area contributed by atoms with Gasteiger partial charge in [-0.1, -0.05) is 42.6 Å². The first-order valence-electron chi connectivity index (χ1n) is 9.61. The van der Waals surface area contributed by atoms with Crippen LogP contribution in [0.5, 0.6) is 0 Å². The van der Waals surface area contributed by atoms with Crippen molar-refractivity contribution >= 4 is 33.2 Å². The van der Waals surface area contributed by atoms with Gasteiger partial charge in [-0.15, -0.1) is 0 Å². The fourth-order valence-corrected chi connectivity index (χ4v) is 4.63. The highest BCUT2D eigenvalue weighted by molar-refractivity contribution is 7.92. The molecule has 1 amide bonds. The van der Waals surface area contributed by atoms with Crippen LogP contribution in [-0.2, 0) is 21.0 Å². The molecule has 2 aromatic rings. The fraction of sp³-hybridized carbons (Fsp3) is 0.381. The summed E-state index contributed by atoms with van der Waals surface area (Å²) >= 11 is 5.68. The number of aryl methyl sites for hydroxylation is 1. The molecule has 2 aromatic carbocycles. The van der Waals surface area contributed by atoms with E-state index in [1.165, 1.54) is 12.1 Å². The number of carbonyl (C=O) groups excluding carboxylic acids is 1. The minimum Gasteiger partial charge on any atom is -0.352 e. The number of sulfonamides is 1. The fourth-order valence-electron chi connectivity index (χ4n) is 2.99. The van der Waals surface area contributed by atoms with Crippen molar-refractivity contribution in [3.63, 3.8) is 0 Å². The van der Waals surface area contributed by atoms with Crippen LogP contribution in [0.4, 0.5) is 18.9 Å². The van der Waals surface area contributed by atoms with E-state index in [2.05, 4.69) is 5.32 Å². The quantitative estimate of drug-likeness (QED) is 0.571.